The van der Waals surface area contributed by atoms with E-state index in [-0.39, 0.29) is 0 Å². The van der Waals surface area contributed by atoms with Gasteiger partial charge >= 0.3 is 5.97 Å². The first-order valence-electron chi connectivity index (χ1n) is 5.51. The molecule has 1 aromatic heterocycles. The Kier molecular flexibility index (Phi) is 3.67. The molecule has 0 aliphatic rings. The van der Waals surface area contributed by atoms with E-state index in [2.05, 4.69) is 4.98 Å². The minimum absolute atomic E-state index is 0.315. The first-order valence-corrected chi connectivity index (χ1v) is 5.88. The maximum absolute atomic E-state index is 11.6. The minimum atomic E-state index is -0.433. The van der Waals surface area contributed by atoms with E-state index >= 15 is 0 Å². The molecule has 2 rings (SSSR count). The van der Waals surface area contributed by atoms with Gasteiger partial charge in [-0.3, -0.25) is 0 Å². The van der Waals surface area contributed by atoms with Crippen molar-refractivity contribution in [1.29, 1.82) is 0 Å². The Labute approximate surface area is 110 Å². The predicted molar refractivity (Wildman–Crippen MR) is 67.6 cm³/mol. The third kappa shape index (κ3) is 2.54. The van der Waals surface area contributed by atoms with Crippen LogP contribution in [0.4, 0.5) is 0 Å². The molecule has 4 nitrogen and oxygen atoms in total. The van der Waals surface area contributed by atoms with Crippen LogP contribution >= 0.6 is 11.6 Å². The van der Waals surface area contributed by atoms with E-state index in [9.17, 15) is 4.79 Å². The fourth-order valence-corrected chi connectivity index (χ4v) is 1.77. The lowest BCUT2D eigenvalue weighted by atomic mass is 10.1. The summed E-state index contributed by atoms with van der Waals surface area (Å²) in [5.74, 6) is 0.0439. The van der Waals surface area contributed by atoms with Crippen molar-refractivity contribution in [2.75, 3.05) is 6.61 Å². The molecule has 5 heteroatoms. The number of rotatable bonds is 3. The van der Waals surface area contributed by atoms with Gasteiger partial charge in [0.05, 0.1) is 22.9 Å². The van der Waals surface area contributed by atoms with Gasteiger partial charge in [0, 0.05) is 5.56 Å². The van der Waals surface area contributed by atoms with Gasteiger partial charge in [-0.2, -0.15) is 0 Å². The second-order valence-electron chi connectivity index (χ2n) is 3.71. The van der Waals surface area contributed by atoms with Gasteiger partial charge in [0.1, 0.15) is 6.26 Å². The minimum Gasteiger partial charge on any atom is -0.462 e. The third-order valence-electron chi connectivity index (χ3n) is 2.33. The monoisotopic (exact) mass is 265 g/mol. The van der Waals surface area contributed by atoms with Crippen LogP contribution in [-0.4, -0.2) is 17.6 Å². The molecule has 0 amide bonds. The number of benzene rings is 1. The zero-order valence-electron chi connectivity index (χ0n) is 10.1. The second kappa shape index (κ2) is 5.23. The fourth-order valence-electron chi connectivity index (χ4n) is 1.51. The number of halogens is 1. The molecule has 0 radical (unpaired) electrons. The number of carbonyl (C=O) groups excluding carboxylic acids is 1. The number of ether oxygens (including phenoxy) is 1. The smallest absolute Gasteiger partial charge is 0.339 e. The van der Waals surface area contributed by atoms with Crippen LogP contribution in [0.5, 0.6) is 0 Å². The van der Waals surface area contributed by atoms with E-state index < -0.39 is 5.97 Å². The van der Waals surface area contributed by atoms with E-state index in [1.165, 1.54) is 0 Å². The van der Waals surface area contributed by atoms with E-state index in [1.807, 2.05) is 6.92 Å². The Bertz CT molecular complexity index is 577. The quantitative estimate of drug-likeness (QED) is 0.797. The van der Waals surface area contributed by atoms with E-state index in [0.29, 0.717) is 23.1 Å². The number of nitrogens with zero attached hydrogens (tertiary/aromatic N) is 1. The molecule has 0 spiro atoms. The summed E-state index contributed by atoms with van der Waals surface area (Å²) >= 11 is 6.05. The molecule has 18 heavy (non-hydrogen) atoms. The first kappa shape index (κ1) is 12.6. The van der Waals surface area contributed by atoms with Crippen molar-refractivity contribution < 1.29 is 13.9 Å². The molecule has 0 atom stereocenters. The molecular formula is C13H12ClNO3. The van der Waals surface area contributed by atoms with Crippen molar-refractivity contribution in [3.8, 4) is 11.5 Å². The highest BCUT2D eigenvalue weighted by molar-refractivity contribution is 6.33. The number of hydrogen-bond donors (Lipinski definition) is 0. The Morgan fingerprint density at radius 2 is 2.28 bits per heavy atom. The number of hydrogen-bond acceptors (Lipinski definition) is 4. The summed E-state index contributed by atoms with van der Waals surface area (Å²) in [6.45, 7) is 3.90. The highest BCUT2D eigenvalue weighted by Crippen LogP contribution is 2.25. The molecule has 0 saturated carbocycles. The number of carbonyl (C=O) groups is 1. The van der Waals surface area contributed by atoms with Gasteiger partial charge in [-0.05, 0) is 32.0 Å². The van der Waals surface area contributed by atoms with Crippen LogP contribution in [0.1, 0.15) is 23.0 Å². The number of aryl methyl sites for hydroxylation is 1. The zero-order valence-corrected chi connectivity index (χ0v) is 10.8. The van der Waals surface area contributed by atoms with Crippen molar-refractivity contribution in [3.63, 3.8) is 0 Å². The van der Waals surface area contributed by atoms with Crippen LogP contribution in [0, 0.1) is 6.92 Å². The van der Waals surface area contributed by atoms with Crippen LogP contribution in [0.2, 0.25) is 5.02 Å². The van der Waals surface area contributed by atoms with Gasteiger partial charge in [-0.1, -0.05) is 11.6 Å². The number of esters is 1. The van der Waals surface area contributed by atoms with Gasteiger partial charge < -0.3 is 9.15 Å². The average molecular weight is 266 g/mol. The van der Waals surface area contributed by atoms with Gasteiger partial charge in [-0.15, -0.1) is 0 Å². The highest BCUT2D eigenvalue weighted by Gasteiger charge is 2.13. The zero-order chi connectivity index (χ0) is 13.1. The standard InChI is InChI=1S/C13H12ClNO3/c1-3-17-13(16)10-5-4-9(6-11(10)14)12-15-8(2)7-18-12/h4-7H,3H2,1-2H3. The summed E-state index contributed by atoms with van der Waals surface area (Å²) in [6.07, 6.45) is 1.56. The van der Waals surface area contributed by atoms with Crippen LogP contribution in [0.3, 0.4) is 0 Å². The normalized spacial score (nSPS) is 10.4. The molecule has 0 bridgehead atoms. The van der Waals surface area contributed by atoms with Crippen LogP contribution in [0.15, 0.2) is 28.9 Å². The molecule has 1 heterocycles. The van der Waals surface area contributed by atoms with Gasteiger partial charge in [0.25, 0.3) is 0 Å². The maximum atomic E-state index is 11.6. The van der Waals surface area contributed by atoms with Gasteiger partial charge in [0.2, 0.25) is 5.89 Å². The highest BCUT2D eigenvalue weighted by atomic mass is 35.5. The summed E-state index contributed by atoms with van der Waals surface area (Å²) < 4.78 is 10.2. The summed E-state index contributed by atoms with van der Waals surface area (Å²) in [5.41, 5.74) is 1.85. The summed E-state index contributed by atoms with van der Waals surface area (Å²) in [4.78, 5) is 15.8. The lowest BCUT2D eigenvalue weighted by molar-refractivity contribution is 0.0526. The Balaban J connectivity index is 2.33. The fraction of sp³-hybridized carbons (Fsp3) is 0.231. The maximum Gasteiger partial charge on any atom is 0.339 e. The summed E-state index contributed by atoms with van der Waals surface area (Å²) in [6, 6.07) is 4.97. The van der Waals surface area contributed by atoms with Crippen molar-refractivity contribution in [1.82, 2.24) is 4.98 Å². The predicted octanol–water partition coefficient (Wildman–Crippen LogP) is 3.48. The van der Waals surface area contributed by atoms with E-state index in [0.717, 1.165) is 11.3 Å². The molecule has 0 unspecified atom stereocenters. The molecule has 0 N–H and O–H groups in total. The van der Waals surface area contributed by atoms with Crippen molar-refractivity contribution in [2.45, 2.75) is 13.8 Å². The number of oxazole rings is 1. The molecule has 2 aromatic rings. The third-order valence-corrected chi connectivity index (χ3v) is 2.64. The Morgan fingerprint density at radius 3 is 2.83 bits per heavy atom. The lowest BCUT2D eigenvalue weighted by Gasteiger charge is -2.04. The Hall–Kier alpha value is -1.81. The molecule has 0 fully saturated rings. The summed E-state index contributed by atoms with van der Waals surface area (Å²) in [7, 11) is 0. The largest absolute Gasteiger partial charge is 0.462 e. The van der Waals surface area contributed by atoms with Gasteiger partial charge in [-0.25, -0.2) is 9.78 Å². The molecule has 1 aromatic carbocycles. The Morgan fingerprint density at radius 1 is 1.50 bits per heavy atom. The van der Waals surface area contributed by atoms with Crippen LogP contribution in [0.25, 0.3) is 11.5 Å². The SMILES string of the molecule is CCOC(=O)c1ccc(-c2nc(C)co2)cc1Cl. The van der Waals surface area contributed by atoms with E-state index in [1.54, 1.807) is 31.4 Å². The molecule has 0 aliphatic heterocycles. The van der Waals surface area contributed by atoms with Crippen LogP contribution in [-0.2, 0) is 4.74 Å². The molecular weight excluding hydrogens is 254 g/mol. The van der Waals surface area contributed by atoms with E-state index in [4.69, 9.17) is 20.8 Å². The van der Waals surface area contributed by atoms with Crippen molar-refractivity contribution >= 4 is 17.6 Å². The van der Waals surface area contributed by atoms with Gasteiger partial charge in [0.15, 0.2) is 0 Å². The summed E-state index contributed by atoms with van der Waals surface area (Å²) in [5, 5.41) is 0.321. The molecule has 0 aliphatic carbocycles. The van der Waals surface area contributed by atoms with Crippen molar-refractivity contribution in [2.24, 2.45) is 0 Å². The second-order valence-corrected chi connectivity index (χ2v) is 4.12. The first-order chi connectivity index (χ1) is 8.61. The lowest BCUT2D eigenvalue weighted by Crippen LogP contribution is -2.05. The molecule has 0 saturated heterocycles. The van der Waals surface area contributed by atoms with Crippen molar-refractivity contribution in [3.05, 3.63) is 40.7 Å². The van der Waals surface area contributed by atoms with Crippen LogP contribution < -0.4 is 0 Å². The average Bonchev–Trinajstić information content (AvgIpc) is 2.76. The number of aromatic nitrogens is 1. The molecule has 94 valence electrons. The topological polar surface area (TPSA) is 52.3 Å².